The maximum atomic E-state index is 12.4. The summed E-state index contributed by atoms with van der Waals surface area (Å²) in [4.78, 5) is 0.196. The highest BCUT2D eigenvalue weighted by Gasteiger charge is 2.28. The van der Waals surface area contributed by atoms with Crippen molar-refractivity contribution < 1.29 is 8.42 Å². The number of benzene rings is 1. The average Bonchev–Trinajstić information content (AvgIpc) is 2.29. The number of anilines is 1. The van der Waals surface area contributed by atoms with Gasteiger partial charge in [0.15, 0.2) is 0 Å². The predicted molar refractivity (Wildman–Crippen MR) is 70.2 cm³/mol. The summed E-state index contributed by atoms with van der Waals surface area (Å²) >= 11 is 0. The Hall–Kier alpha value is -1.07. The Kier molecular flexibility index (Phi) is 4.54. The van der Waals surface area contributed by atoms with Crippen molar-refractivity contribution in [3.8, 4) is 0 Å². The van der Waals surface area contributed by atoms with E-state index in [-0.39, 0.29) is 10.9 Å². The number of sulfonamides is 1. The summed E-state index contributed by atoms with van der Waals surface area (Å²) in [7, 11) is -3.48. The molecule has 0 amide bonds. The molecule has 0 fully saturated rings. The summed E-state index contributed by atoms with van der Waals surface area (Å²) < 4.78 is 26.3. The molecule has 0 aromatic heterocycles. The molecule has 0 heterocycles. The molecule has 2 N–H and O–H groups in total. The normalized spacial score (nSPS) is 13.9. The first-order chi connectivity index (χ1) is 7.95. The maximum absolute atomic E-state index is 12.4. The van der Waals surface area contributed by atoms with Gasteiger partial charge in [-0.2, -0.15) is 4.31 Å². The first kappa shape index (κ1) is 14.0. The monoisotopic (exact) mass is 256 g/mol. The summed E-state index contributed by atoms with van der Waals surface area (Å²) in [5.41, 5.74) is 6.04. The van der Waals surface area contributed by atoms with E-state index in [1.165, 1.54) is 4.31 Å². The number of nitrogens with two attached hydrogens (primary N) is 1. The summed E-state index contributed by atoms with van der Waals surface area (Å²) in [6.45, 7) is 6.16. The first-order valence-electron chi connectivity index (χ1n) is 5.81. The molecule has 17 heavy (non-hydrogen) atoms. The molecule has 1 rings (SSSR count). The van der Waals surface area contributed by atoms with Crippen molar-refractivity contribution in [3.05, 3.63) is 24.3 Å². The number of hydrogen-bond donors (Lipinski definition) is 1. The summed E-state index contributed by atoms with van der Waals surface area (Å²) in [5.74, 6) is 0. The standard InChI is InChI=1S/C12H20N2O2S/c1-4-10(3)14(5-2)17(15,16)12-9-7-6-8-11(12)13/h6-10H,4-5,13H2,1-3H3. The van der Waals surface area contributed by atoms with Crippen LogP contribution in [0.25, 0.3) is 0 Å². The van der Waals surface area contributed by atoms with E-state index in [0.29, 0.717) is 12.2 Å². The zero-order valence-corrected chi connectivity index (χ0v) is 11.4. The maximum Gasteiger partial charge on any atom is 0.245 e. The Bertz CT molecular complexity index is 471. The Morgan fingerprint density at radius 1 is 1.29 bits per heavy atom. The van der Waals surface area contributed by atoms with Crippen molar-refractivity contribution in [1.29, 1.82) is 0 Å². The molecule has 1 unspecified atom stereocenters. The molecule has 0 spiro atoms. The minimum absolute atomic E-state index is 0.0235. The van der Waals surface area contributed by atoms with Crippen LogP contribution in [0.4, 0.5) is 5.69 Å². The number of rotatable bonds is 5. The van der Waals surface area contributed by atoms with Gasteiger partial charge < -0.3 is 5.73 Å². The van der Waals surface area contributed by atoms with Crippen molar-refractivity contribution in [1.82, 2.24) is 4.31 Å². The lowest BCUT2D eigenvalue weighted by Crippen LogP contribution is -2.38. The van der Waals surface area contributed by atoms with Crippen LogP contribution in [0.5, 0.6) is 0 Å². The molecule has 1 aromatic rings. The van der Waals surface area contributed by atoms with E-state index in [2.05, 4.69) is 0 Å². The van der Waals surface area contributed by atoms with Gasteiger partial charge in [-0.25, -0.2) is 8.42 Å². The van der Waals surface area contributed by atoms with E-state index in [9.17, 15) is 8.42 Å². The molecule has 1 aromatic carbocycles. The van der Waals surface area contributed by atoms with Gasteiger partial charge in [0.05, 0.1) is 5.69 Å². The van der Waals surface area contributed by atoms with Crippen LogP contribution in [0.2, 0.25) is 0 Å². The third-order valence-electron chi connectivity index (χ3n) is 2.90. The average molecular weight is 256 g/mol. The van der Waals surface area contributed by atoms with Crippen LogP contribution in [0, 0.1) is 0 Å². The van der Waals surface area contributed by atoms with Crippen LogP contribution >= 0.6 is 0 Å². The molecule has 0 saturated carbocycles. The number of nitrogen functional groups attached to an aromatic ring is 1. The highest BCUT2D eigenvalue weighted by atomic mass is 32.2. The number of para-hydroxylation sites is 1. The molecule has 0 saturated heterocycles. The Balaban J connectivity index is 3.23. The molecular formula is C12H20N2O2S. The molecule has 0 bridgehead atoms. The van der Waals surface area contributed by atoms with Gasteiger partial charge in [0.2, 0.25) is 10.0 Å². The first-order valence-corrected chi connectivity index (χ1v) is 7.25. The lowest BCUT2D eigenvalue weighted by Gasteiger charge is -2.26. The third kappa shape index (κ3) is 2.79. The topological polar surface area (TPSA) is 63.4 Å². The van der Waals surface area contributed by atoms with Gasteiger partial charge in [0.25, 0.3) is 0 Å². The van der Waals surface area contributed by atoms with Crippen molar-refractivity contribution >= 4 is 15.7 Å². The van der Waals surface area contributed by atoms with E-state index >= 15 is 0 Å². The van der Waals surface area contributed by atoms with E-state index < -0.39 is 10.0 Å². The highest BCUT2D eigenvalue weighted by Crippen LogP contribution is 2.23. The number of hydrogen-bond acceptors (Lipinski definition) is 3. The van der Waals surface area contributed by atoms with E-state index in [0.717, 1.165) is 6.42 Å². The van der Waals surface area contributed by atoms with Gasteiger partial charge in [-0.15, -0.1) is 0 Å². The van der Waals surface area contributed by atoms with Gasteiger partial charge in [-0.05, 0) is 25.5 Å². The van der Waals surface area contributed by atoms with Gasteiger partial charge in [0, 0.05) is 12.6 Å². The largest absolute Gasteiger partial charge is 0.398 e. The number of nitrogens with zero attached hydrogens (tertiary/aromatic N) is 1. The van der Waals surface area contributed by atoms with Crippen LogP contribution in [-0.4, -0.2) is 25.3 Å². The molecule has 5 heteroatoms. The molecular weight excluding hydrogens is 236 g/mol. The van der Waals surface area contributed by atoms with Crippen molar-refractivity contribution in [2.75, 3.05) is 12.3 Å². The molecule has 0 aliphatic carbocycles. The molecule has 0 aliphatic rings. The molecule has 4 nitrogen and oxygen atoms in total. The third-order valence-corrected chi connectivity index (χ3v) is 5.06. The van der Waals surface area contributed by atoms with Crippen LogP contribution in [-0.2, 0) is 10.0 Å². The second-order valence-corrected chi connectivity index (χ2v) is 5.86. The van der Waals surface area contributed by atoms with Crippen LogP contribution in [0.1, 0.15) is 27.2 Å². The summed E-state index contributed by atoms with van der Waals surface area (Å²) in [6, 6.07) is 6.55. The molecule has 96 valence electrons. The fourth-order valence-electron chi connectivity index (χ4n) is 1.76. The lowest BCUT2D eigenvalue weighted by atomic mass is 10.3. The quantitative estimate of drug-likeness (QED) is 0.820. The van der Waals surface area contributed by atoms with E-state index in [1.807, 2.05) is 20.8 Å². The highest BCUT2D eigenvalue weighted by molar-refractivity contribution is 7.89. The van der Waals surface area contributed by atoms with Gasteiger partial charge in [-0.1, -0.05) is 26.0 Å². The molecule has 0 aliphatic heterocycles. The van der Waals surface area contributed by atoms with E-state index in [1.54, 1.807) is 24.3 Å². The van der Waals surface area contributed by atoms with Gasteiger partial charge in [-0.3, -0.25) is 0 Å². The fourth-order valence-corrected chi connectivity index (χ4v) is 3.60. The summed E-state index contributed by atoms with van der Waals surface area (Å²) in [6.07, 6.45) is 0.778. The Labute approximate surface area is 103 Å². The molecule has 1 atom stereocenters. The fraction of sp³-hybridized carbons (Fsp3) is 0.500. The van der Waals surface area contributed by atoms with E-state index in [4.69, 9.17) is 5.73 Å². The van der Waals surface area contributed by atoms with Crippen LogP contribution < -0.4 is 5.73 Å². The van der Waals surface area contributed by atoms with Gasteiger partial charge >= 0.3 is 0 Å². The lowest BCUT2D eigenvalue weighted by molar-refractivity contribution is 0.342. The van der Waals surface area contributed by atoms with Crippen molar-refractivity contribution in [3.63, 3.8) is 0 Å². The second kappa shape index (κ2) is 5.51. The van der Waals surface area contributed by atoms with Crippen LogP contribution in [0.3, 0.4) is 0 Å². The molecule has 0 radical (unpaired) electrons. The van der Waals surface area contributed by atoms with Crippen molar-refractivity contribution in [2.45, 2.75) is 38.1 Å². The zero-order valence-electron chi connectivity index (χ0n) is 10.6. The minimum atomic E-state index is -3.48. The second-order valence-electron chi connectivity index (χ2n) is 4.00. The SMILES string of the molecule is CCC(C)N(CC)S(=O)(=O)c1ccccc1N. The predicted octanol–water partition coefficient (Wildman–Crippen LogP) is 2.08. The summed E-state index contributed by atoms with van der Waals surface area (Å²) in [5, 5.41) is 0. The van der Waals surface area contributed by atoms with Crippen molar-refractivity contribution in [2.24, 2.45) is 0 Å². The minimum Gasteiger partial charge on any atom is -0.398 e. The smallest absolute Gasteiger partial charge is 0.245 e. The van der Waals surface area contributed by atoms with Crippen LogP contribution in [0.15, 0.2) is 29.2 Å². The Morgan fingerprint density at radius 2 is 1.88 bits per heavy atom. The Morgan fingerprint density at radius 3 is 2.35 bits per heavy atom. The zero-order chi connectivity index (χ0) is 13.1. The van der Waals surface area contributed by atoms with Gasteiger partial charge in [0.1, 0.15) is 4.90 Å².